The third-order valence-corrected chi connectivity index (χ3v) is 4.34. The first-order valence-electron chi connectivity index (χ1n) is 9.38. The summed E-state index contributed by atoms with van der Waals surface area (Å²) in [5, 5.41) is 8.90. The van der Waals surface area contributed by atoms with E-state index in [0.29, 0.717) is 24.1 Å². The molecule has 0 bridgehead atoms. The Morgan fingerprint density at radius 1 is 1.25 bits per heavy atom. The molecule has 0 N–H and O–H groups in total. The number of nitriles is 1. The lowest BCUT2D eigenvalue weighted by molar-refractivity contribution is -0.144. The number of benzene rings is 1. The maximum Gasteiger partial charge on any atom is 0.410 e. The van der Waals surface area contributed by atoms with Crippen LogP contribution in [0.3, 0.4) is 0 Å². The van der Waals surface area contributed by atoms with Crippen LogP contribution in [-0.4, -0.2) is 47.5 Å². The number of hydrogen-bond donors (Lipinski definition) is 0. The lowest BCUT2D eigenvalue weighted by Crippen LogP contribution is -2.47. The highest BCUT2D eigenvalue weighted by atomic mass is 16.6. The Bertz CT molecular complexity index is 776. The molecule has 1 atom stereocenters. The highest BCUT2D eigenvalue weighted by Crippen LogP contribution is 2.23. The second kappa shape index (κ2) is 9.36. The van der Waals surface area contributed by atoms with E-state index in [1.165, 1.54) is 6.07 Å². The van der Waals surface area contributed by atoms with Crippen molar-refractivity contribution < 1.29 is 23.9 Å². The van der Waals surface area contributed by atoms with Gasteiger partial charge in [-0.1, -0.05) is 12.1 Å². The summed E-state index contributed by atoms with van der Waals surface area (Å²) in [6, 6.07) is 7.90. The van der Waals surface area contributed by atoms with E-state index in [0.717, 1.165) is 12.8 Å². The van der Waals surface area contributed by atoms with Crippen LogP contribution in [0.15, 0.2) is 24.3 Å². The molecular weight excluding hydrogens is 360 g/mol. The van der Waals surface area contributed by atoms with Gasteiger partial charge in [0.1, 0.15) is 5.60 Å². The summed E-state index contributed by atoms with van der Waals surface area (Å²) in [4.78, 5) is 38.4. The zero-order chi connectivity index (χ0) is 20.7. The van der Waals surface area contributed by atoms with E-state index in [1.54, 1.807) is 43.9 Å². The SMILES string of the molecule is CC(C)(C)OC(=O)N1CCCCC1CC(=O)OCC(=O)c1cccc(C#N)c1. The summed E-state index contributed by atoms with van der Waals surface area (Å²) >= 11 is 0. The predicted octanol–water partition coefficient (Wildman–Crippen LogP) is 3.46. The van der Waals surface area contributed by atoms with E-state index in [4.69, 9.17) is 14.7 Å². The molecule has 1 aromatic carbocycles. The number of piperidine rings is 1. The number of esters is 1. The molecule has 0 saturated carbocycles. The van der Waals surface area contributed by atoms with Crippen LogP contribution in [0.5, 0.6) is 0 Å². The molecule has 2 rings (SSSR count). The van der Waals surface area contributed by atoms with Crippen LogP contribution in [0.25, 0.3) is 0 Å². The molecule has 1 fully saturated rings. The molecule has 1 unspecified atom stereocenters. The monoisotopic (exact) mass is 386 g/mol. The first-order valence-corrected chi connectivity index (χ1v) is 9.38. The second-order valence-electron chi connectivity index (χ2n) is 7.80. The molecular formula is C21H26N2O5. The van der Waals surface area contributed by atoms with Gasteiger partial charge in [-0.15, -0.1) is 0 Å². The van der Waals surface area contributed by atoms with E-state index in [9.17, 15) is 14.4 Å². The number of carbonyl (C=O) groups excluding carboxylic acids is 3. The quantitative estimate of drug-likeness (QED) is 0.568. The Morgan fingerprint density at radius 2 is 2.00 bits per heavy atom. The fourth-order valence-electron chi connectivity index (χ4n) is 3.02. The minimum atomic E-state index is -0.607. The van der Waals surface area contributed by atoms with Crippen molar-refractivity contribution in [1.29, 1.82) is 5.26 Å². The average molecular weight is 386 g/mol. The van der Waals surface area contributed by atoms with Crippen LogP contribution < -0.4 is 0 Å². The van der Waals surface area contributed by atoms with Crippen molar-refractivity contribution >= 4 is 17.8 Å². The van der Waals surface area contributed by atoms with Gasteiger partial charge < -0.3 is 14.4 Å². The van der Waals surface area contributed by atoms with Crippen molar-refractivity contribution in [2.45, 2.75) is 58.1 Å². The van der Waals surface area contributed by atoms with Crippen LogP contribution in [0.2, 0.25) is 0 Å². The normalized spacial score (nSPS) is 16.8. The molecule has 0 spiro atoms. The summed E-state index contributed by atoms with van der Waals surface area (Å²) in [5.41, 5.74) is 0.0801. The van der Waals surface area contributed by atoms with Crippen LogP contribution in [0.1, 0.15) is 62.4 Å². The number of carbonyl (C=O) groups is 3. The maximum absolute atomic E-state index is 12.4. The van der Waals surface area contributed by atoms with Crippen molar-refractivity contribution in [2.24, 2.45) is 0 Å². The average Bonchev–Trinajstić information content (AvgIpc) is 2.65. The molecule has 1 heterocycles. The Hall–Kier alpha value is -2.88. The van der Waals surface area contributed by atoms with Crippen molar-refractivity contribution in [3.05, 3.63) is 35.4 Å². The van der Waals surface area contributed by atoms with Crippen molar-refractivity contribution in [3.63, 3.8) is 0 Å². The Kier molecular flexibility index (Phi) is 7.16. The topological polar surface area (TPSA) is 96.7 Å². The number of Topliss-reactive ketones (excluding diaryl/α,β-unsaturated/α-hetero) is 1. The number of ether oxygens (including phenoxy) is 2. The lowest BCUT2D eigenvalue weighted by atomic mass is 10.00. The van der Waals surface area contributed by atoms with Crippen LogP contribution in [-0.2, 0) is 14.3 Å². The number of nitrogens with zero attached hydrogens (tertiary/aromatic N) is 2. The zero-order valence-corrected chi connectivity index (χ0v) is 16.6. The van der Waals surface area contributed by atoms with E-state index in [2.05, 4.69) is 0 Å². The largest absolute Gasteiger partial charge is 0.457 e. The van der Waals surface area contributed by atoms with E-state index in [1.807, 2.05) is 6.07 Å². The zero-order valence-electron chi connectivity index (χ0n) is 16.6. The van der Waals surface area contributed by atoms with Crippen LogP contribution in [0, 0.1) is 11.3 Å². The van der Waals surface area contributed by atoms with Gasteiger partial charge in [-0.25, -0.2) is 4.79 Å². The second-order valence-corrected chi connectivity index (χ2v) is 7.80. The molecule has 0 aromatic heterocycles. The van der Waals surface area contributed by atoms with E-state index < -0.39 is 24.3 Å². The number of likely N-dealkylation sites (tertiary alicyclic amines) is 1. The Labute approximate surface area is 165 Å². The third-order valence-electron chi connectivity index (χ3n) is 4.34. The van der Waals surface area contributed by atoms with Gasteiger partial charge in [0, 0.05) is 18.2 Å². The minimum absolute atomic E-state index is 0.0186. The molecule has 1 aromatic rings. The molecule has 28 heavy (non-hydrogen) atoms. The maximum atomic E-state index is 12.4. The summed E-state index contributed by atoms with van der Waals surface area (Å²) in [6.45, 7) is 5.53. The summed E-state index contributed by atoms with van der Waals surface area (Å²) in [7, 11) is 0. The first kappa shape index (κ1) is 21.4. The van der Waals surface area contributed by atoms with Crippen LogP contribution in [0.4, 0.5) is 4.79 Å². The smallest absolute Gasteiger partial charge is 0.410 e. The number of hydrogen-bond acceptors (Lipinski definition) is 6. The summed E-state index contributed by atoms with van der Waals surface area (Å²) in [6.07, 6.45) is 2.04. The van der Waals surface area contributed by atoms with E-state index >= 15 is 0 Å². The van der Waals surface area contributed by atoms with Gasteiger partial charge in [0.2, 0.25) is 0 Å². The fraction of sp³-hybridized carbons (Fsp3) is 0.524. The number of amides is 1. The van der Waals surface area contributed by atoms with E-state index in [-0.39, 0.29) is 18.2 Å². The van der Waals surface area contributed by atoms with Gasteiger partial charge in [0.05, 0.1) is 18.1 Å². The Morgan fingerprint density at radius 3 is 2.68 bits per heavy atom. The van der Waals surface area contributed by atoms with Crippen LogP contribution >= 0.6 is 0 Å². The summed E-state index contributed by atoms with van der Waals surface area (Å²) in [5.74, 6) is -0.914. The van der Waals surface area contributed by atoms with Gasteiger partial charge >= 0.3 is 12.1 Å². The van der Waals surface area contributed by atoms with Gasteiger partial charge in [-0.2, -0.15) is 5.26 Å². The highest BCUT2D eigenvalue weighted by Gasteiger charge is 2.32. The highest BCUT2D eigenvalue weighted by molar-refractivity contribution is 5.98. The molecule has 0 radical (unpaired) electrons. The molecule has 150 valence electrons. The third kappa shape index (κ3) is 6.38. The number of rotatable bonds is 5. The van der Waals surface area contributed by atoms with Gasteiger partial charge in [0.25, 0.3) is 0 Å². The molecule has 7 nitrogen and oxygen atoms in total. The lowest BCUT2D eigenvalue weighted by Gasteiger charge is -2.36. The molecule has 1 saturated heterocycles. The molecule has 1 aliphatic rings. The van der Waals surface area contributed by atoms with Gasteiger partial charge in [-0.05, 0) is 52.2 Å². The number of ketones is 1. The minimum Gasteiger partial charge on any atom is -0.457 e. The summed E-state index contributed by atoms with van der Waals surface area (Å²) < 4.78 is 10.5. The molecule has 7 heteroatoms. The fourth-order valence-corrected chi connectivity index (χ4v) is 3.02. The molecule has 1 aliphatic heterocycles. The van der Waals surface area contributed by atoms with Crippen molar-refractivity contribution in [2.75, 3.05) is 13.2 Å². The predicted molar refractivity (Wildman–Crippen MR) is 102 cm³/mol. The van der Waals surface area contributed by atoms with Gasteiger partial charge in [0.15, 0.2) is 12.4 Å². The first-order chi connectivity index (χ1) is 13.2. The van der Waals surface area contributed by atoms with Crippen molar-refractivity contribution in [1.82, 2.24) is 4.90 Å². The van der Waals surface area contributed by atoms with Gasteiger partial charge in [-0.3, -0.25) is 9.59 Å². The Balaban J connectivity index is 1.90. The molecule has 0 aliphatic carbocycles. The standard InChI is InChI=1S/C21H26N2O5/c1-21(2,3)28-20(26)23-10-5-4-9-17(23)12-19(25)27-14-18(24)16-8-6-7-15(11-16)13-22/h6-8,11,17H,4-5,9-10,12,14H2,1-3H3. The molecule has 1 amide bonds. The van der Waals surface area contributed by atoms with Crippen molar-refractivity contribution in [3.8, 4) is 6.07 Å².